The van der Waals surface area contributed by atoms with Gasteiger partial charge in [-0.05, 0) is 51.8 Å². The van der Waals surface area contributed by atoms with Gasteiger partial charge in [0.05, 0.1) is 0 Å². The van der Waals surface area contributed by atoms with Crippen LogP contribution in [0, 0.1) is 6.92 Å². The number of nitrogens with zero attached hydrogens (tertiary/aromatic N) is 1. The lowest BCUT2D eigenvalue weighted by molar-refractivity contribution is -0.160. The van der Waals surface area contributed by atoms with Gasteiger partial charge in [0, 0.05) is 11.6 Å². The lowest BCUT2D eigenvalue weighted by Gasteiger charge is -2.47. The fourth-order valence-electron chi connectivity index (χ4n) is 2.42. The average molecular weight is 309 g/mol. The Morgan fingerprint density at radius 2 is 1.81 bits per heavy atom. The molecule has 1 aromatic carbocycles. The van der Waals surface area contributed by atoms with Crippen LogP contribution in [0.2, 0.25) is 5.02 Å². The second-order valence-electron chi connectivity index (χ2n) is 6.62. The van der Waals surface area contributed by atoms with Gasteiger partial charge in [0.15, 0.2) is 0 Å². The van der Waals surface area contributed by atoms with Gasteiger partial charge in [-0.15, -0.1) is 0 Å². The number of halogens is 1. The van der Waals surface area contributed by atoms with Crippen molar-refractivity contribution in [2.45, 2.75) is 52.2 Å². The van der Waals surface area contributed by atoms with Gasteiger partial charge in [0.1, 0.15) is 11.1 Å². The van der Waals surface area contributed by atoms with Crippen molar-refractivity contribution in [3.05, 3.63) is 34.3 Å². The zero-order valence-electron chi connectivity index (χ0n) is 13.1. The first-order valence-electron chi connectivity index (χ1n) is 6.95. The quantitative estimate of drug-likeness (QED) is 0.913. The van der Waals surface area contributed by atoms with Crippen LogP contribution in [0.3, 0.4) is 0 Å². The lowest BCUT2D eigenvalue weighted by atomic mass is 9.89. The van der Waals surface area contributed by atoms with E-state index in [1.807, 2.05) is 25.1 Å². The molecular weight excluding hydrogens is 288 g/mol. The molecule has 114 valence electrons. The van der Waals surface area contributed by atoms with Crippen LogP contribution in [0.15, 0.2) is 18.2 Å². The van der Waals surface area contributed by atoms with Gasteiger partial charge in [-0.3, -0.25) is 9.59 Å². The molecule has 1 N–H and O–H groups in total. The summed E-state index contributed by atoms with van der Waals surface area (Å²) in [6, 6.07) is 5.72. The van der Waals surface area contributed by atoms with Crippen LogP contribution < -0.4 is 5.32 Å². The topological polar surface area (TPSA) is 49.4 Å². The molecule has 2 amide bonds. The molecule has 0 atom stereocenters. The summed E-state index contributed by atoms with van der Waals surface area (Å²) in [6.45, 7) is 9.21. The first-order valence-corrected chi connectivity index (χ1v) is 7.33. The zero-order valence-corrected chi connectivity index (χ0v) is 13.8. The van der Waals surface area contributed by atoms with Crippen molar-refractivity contribution in [3.63, 3.8) is 0 Å². The predicted molar refractivity (Wildman–Crippen MR) is 83.0 cm³/mol. The van der Waals surface area contributed by atoms with Crippen molar-refractivity contribution in [1.29, 1.82) is 0 Å². The van der Waals surface area contributed by atoms with Crippen LogP contribution in [0.4, 0.5) is 0 Å². The highest BCUT2D eigenvalue weighted by atomic mass is 35.5. The molecule has 4 nitrogen and oxygen atoms in total. The predicted octanol–water partition coefficient (Wildman–Crippen LogP) is 2.66. The number of amides is 2. The van der Waals surface area contributed by atoms with Crippen LogP contribution in [-0.2, 0) is 16.1 Å². The Balaban J connectivity index is 2.39. The van der Waals surface area contributed by atoms with Gasteiger partial charge in [0.25, 0.3) is 0 Å². The van der Waals surface area contributed by atoms with Gasteiger partial charge < -0.3 is 10.2 Å². The third-order valence-corrected chi connectivity index (χ3v) is 4.33. The molecule has 21 heavy (non-hydrogen) atoms. The molecule has 2 rings (SSSR count). The van der Waals surface area contributed by atoms with Crippen molar-refractivity contribution in [3.8, 4) is 0 Å². The summed E-state index contributed by atoms with van der Waals surface area (Å²) >= 11 is 6.26. The summed E-state index contributed by atoms with van der Waals surface area (Å²) < 4.78 is 0. The number of carbonyl (C=O) groups is 2. The molecule has 0 bridgehead atoms. The molecule has 1 aromatic rings. The molecular formula is C16H21ClN2O2. The molecule has 0 aromatic heterocycles. The molecule has 0 radical (unpaired) electrons. The van der Waals surface area contributed by atoms with Gasteiger partial charge in [-0.1, -0.05) is 23.7 Å². The van der Waals surface area contributed by atoms with E-state index < -0.39 is 11.1 Å². The molecule has 1 fully saturated rings. The van der Waals surface area contributed by atoms with Gasteiger partial charge in [0.2, 0.25) is 11.8 Å². The maximum absolute atomic E-state index is 12.7. The van der Waals surface area contributed by atoms with Crippen LogP contribution in [-0.4, -0.2) is 27.8 Å². The molecule has 0 aliphatic carbocycles. The Bertz CT molecular complexity index is 608. The molecule has 0 unspecified atom stereocenters. The smallest absolute Gasteiger partial charge is 0.248 e. The van der Waals surface area contributed by atoms with Crippen molar-refractivity contribution >= 4 is 23.4 Å². The van der Waals surface area contributed by atoms with Crippen molar-refractivity contribution in [1.82, 2.24) is 10.2 Å². The first-order chi connectivity index (χ1) is 9.55. The molecule has 5 heteroatoms. The number of hydrogen-bond donors (Lipinski definition) is 1. The summed E-state index contributed by atoms with van der Waals surface area (Å²) in [5.74, 6) is -0.265. The molecule has 1 saturated heterocycles. The fourth-order valence-corrected chi connectivity index (χ4v) is 2.72. The van der Waals surface area contributed by atoms with Crippen LogP contribution >= 0.6 is 11.6 Å². The minimum Gasteiger partial charge on any atom is -0.340 e. The van der Waals surface area contributed by atoms with Crippen LogP contribution in [0.5, 0.6) is 0 Å². The van der Waals surface area contributed by atoms with Crippen molar-refractivity contribution in [2.24, 2.45) is 0 Å². The summed E-state index contributed by atoms with van der Waals surface area (Å²) in [5.41, 5.74) is 0.102. The fraction of sp³-hybridized carbons (Fsp3) is 0.500. The van der Waals surface area contributed by atoms with Gasteiger partial charge in [-0.2, -0.15) is 0 Å². The molecule has 1 aliphatic heterocycles. The SMILES string of the molecule is Cc1ccc(CN2C(=O)C(C)(C)NC(=O)C2(C)C)c(Cl)c1. The summed E-state index contributed by atoms with van der Waals surface area (Å²) in [4.78, 5) is 26.5. The van der Waals surface area contributed by atoms with Gasteiger partial charge in [-0.25, -0.2) is 0 Å². The van der Waals surface area contributed by atoms with E-state index >= 15 is 0 Å². The highest BCUT2D eigenvalue weighted by Gasteiger charge is 2.49. The largest absolute Gasteiger partial charge is 0.340 e. The zero-order chi connectivity index (χ0) is 16.0. The Morgan fingerprint density at radius 1 is 1.19 bits per heavy atom. The number of aryl methyl sites for hydroxylation is 1. The molecule has 1 heterocycles. The molecule has 1 aliphatic rings. The van der Waals surface area contributed by atoms with E-state index in [0.29, 0.717) is 11.6 Å². The standard InChI is InChI=1S/C16H21ClN2O2/c1-10-6-7-11(12(17)8-10)9-19-14(21)15(2,3)18-13(20)16(19,4)5/h6-8H,9H2,1-5H3,(H,18,20). The van der Waals surface area contributed by atoms with E-state index in [-0.39, 0.29) is 11.8 Å². The number of hydrogen-bond acceptors (Lipinski definition) is 2. The maximum atomic E-state index is 12.7. The first kappa shape index (κ1) is 15.8. The number of benzene rings is 1. The minimum atomic E-state index is -0.902. The third-order valence-electron chi connectivity index (χ3n) is 3.97. The van der Waals surface area contributed by atoms with Crippen LogP contribution in [0.1, 0.15) is 38.8 Å². The lowest BCUT2D eigenvalue weighted by Crippen LogP contribution is -2.71. The van der Waals surface area contributed by atoms with E-state index in [1.54, 1.807) is 32.6 Å². The summed E-state index contributed by atoms with van der Waals surface area (Å²) in [5, 5.41) is 3.39. The maximum Gasteiger partial charge on any atom is 0.248 e. The Kier molecular flexibility index (Phi) is 3.79. The minimum absolute atomic E-state index is 0.108. The monoisotopic (exact) mass is 308 g/mol. The number of nitrogens with one attached hydrogen (secondary N) is 1. The number of rotatable bonds is 2. The summed E-state index contributed by atoms with van der Waals surface area (Å²) in [7, 11) is 0. The normalized spacial score (nSPS) is 20.4. The van der Waals surface area contributed by atoms with E-state index in [1.165, 1.54) is 0 Å². The second kappa shape index (κ2) is 5.02. The molecule has 0 saturated carbocycles. The van der Waals surface area contributed by atoms with E-state index in [0.717, 1.165) is 11.1 Å². The number of carbonyl (C=O) groups excluding carboxylic acids is 2. The summed E-state index contributed by atoms with van der Waals surface area (Å²) in [6.07, 6.45) is 0. The Morgan fingerprint density at radius 3 is 2.38 bits per heavy atom. The Hall–Kier alpha value is -1.55. The van der Waals surface area contributed by atoms with Crippen molar-refractivity contribution < 1.29 is 9.59 Å². The van der Waals surface area contributed by atoms with E-state index in [2.05, 4.69) is 5.32 Å². The van der Waals surface area contributed by atoms with E-state index in [9.17, 15) is 9.59 Å². The van der Waals surface area contributed by atoms with Crippen molar-refractivity contribution in [2.75, 3.05) is 0 Å². The second-order valence-corrected chi connectivity index (χ2v) is 7.03. The van der Waals surface area contributed by atoms with Crippen LogP contribution in [0.25, 0.3) is 0 Å². The van der Waals surface area contributed by atoms with Gasteiger partial charge >= 0.3 is 0 Å². The van der Waals surface area contributed by atoms with E-state index in [4.69, 9.17) is 11.6 Å². The third kappa shape index (κ3) is 2.77. The average Bonchev–Trinajstić information content (AvgIpc) is 2.34. The molecule has 0 spiro atoms. The highest BCUT2D eigenvalue weighted by Crippen LogP contribution is 2.29. The number of piperazine rings is 1. The highest BCUT2D eigenvalue weighted by molar-refractivity contribution is 6.31. The Labute approximate surface area is 130 Å².